The number of hydrogen-bond acceptors (Lipinski definition) is 6. The molecule has 2 aromatic heterocycles. The summed E-state index contributed by atoms with van der Waals surface area (Å²) in [5, 5.41) is 2.71. The second-order valence-electron chi connectivity index (χ2n) is 5.74. The van der Waals surface area contributed by atoms with E-state index in [0.29, 0.717) is 36.0 Å². The molecule has 1 aliphatic rings. The van der Waals surface area contributed by atoms with Crippen LogP contribution in [-0.2, 0) is 4.74 Å². The van der Waals surface area contributed by atoms with Gasteiger partial charge in [-0.25, -0.2) is 15.0 Å². The zero-order chi connectivity index (χ0) is 17.9. The molecule has 0 spiro atoms. The summed E-state index contributed by atoms with van der Waals surface area (Å²) in [5.74, 6) is 0.605. The molecule has 1 amide bonds. The molecule has 0 aliphatic carbocycles. The molecule has 2 N–H and O–H groups in total. The van der Waals surface area contributed by atoms with E-state index in [1.165, 1.54) is 18.1 Å². The fourth-order valence-electron chi connectivity index (χ4n) is 2.89. The van der Waals surface area contributed by atoms with Crippen LogP contribution in [0.15, 0.2) is 36.9 Å². The number of imidazole rings is 1. The van der Waals surface area contributed by atoms with Crippen molar-refractivity contribution in [1.82, 2.24) is 19.9 Å². The second-order valence-corrected chi connectivity index (χ2v) is 5.74. The van der Waals surface area contributed by atoms with Crippen LogP contribution >= 0.6 is 0 Å². The Kier molecular flexibility index (Phi) is 4.32. The van der Waals surface area contributed by atoms with Crippen LogP contribution in [0.4, 0.5) is 5.82 Å². The Morgan fingerprint density at radius 3 is 2.96 bits per heavy atom. The van der Waals surface area contributed by atoms with Crippen LogP contribution in [-0.4, -0.2) is 46.2 Å². The molecule has 3 aromatic rings. The van der Waals surface area contributed by atoms with Gasteiger partial charge in [-0.15, -0.1) is 0 Å². The van der Waals surface area contributed by atoms with E-state index >= 15 is 0 Å². The molecule has 0 saturated heterocycles. The van der Waals surface area contributed by atoms with Crippen molar-refractivity contribution in [2.75, 3.05) is 25.6 Å². The molecule has 132 valence electrons. The number of benzene rings is 1. The molecule has 26 heavy (non-hydrogen) atoms. The maximum absolute atomic E-state index is 12.2. The minimum Gasteiger partial charge on any atom is -0.494 e. The Morgan fingerprint density at radius 2 is 2.23 bits per heavy atom. The summed E-state index contributed by atoms with van der Waals surface area (Å²) < 4.78 is 10.8. The van der Waals surface area contributed by atoms with Crippen LogP contribution in [0.3, 0.4) is 0 Å². The Balaban J connectivity index is 1.74. The van der Waals surface area contributed by atoms with Crippen LogP contribution < -0.4 is 10.1 Å². The molecule has 0 bridgehead atoms. The normalized spacial score (nSPS) is 14.1. The van der Waals surface area contributed by atoms with Gasteiger partial charge in [-0.3, -0.25) is 4.79 Å². The van der Waals surface area contributed by atoms with E-state index < -0.39 is 0 Å². The van der Waals surface area contributed by atoms with E-state index in [1.807, 2.05) is 12.1 Å². The van der Waals surface area contributed by atoms with Gasteiger partial charge >= 0.3 is 0 Å². The van der Waals surface area contributed by atoms with Crippen molar-refractivity contribution in [3.63, 3.8) is 0 Å². The van der Waals surface area contributed by atoms with Crippen LogP contribution in [0.2, 0.25) is 0 Å². The minimum atomic E-state index is -0.335. The smallest absolute Gasteiger partial charge is 0.274 e. The number of carbonyl (C=O) groups excluding carboxylic acids is 1. The number of aromatic nitrogens is 4. The van der Waals surface area contributed by atoms with E-state index in [1.54, 1.807) is 13.3 Å². The third-order valence-corrected chi connectivity index (χ3v) is 4.18. The summed E-state index contributed by atoms with van der Waals surface area (Å²) in [7, 11) is 1.58. The fourth-order valence-corrected chi connectivity index (χ4v) is 2.89. The van der Waals surface area contributed by atoms with Gasteiger partial charge < -0.3 is 19.8 Å². The van der Waals surface area contributed by atoms with Crippen LogP contribution in [0, 0.1) is 0 Å². The topological polar surface area (TPSA) is 102 Å². The number of amides is 1. The number of ether oxygens (including phenoxy) is 2. The van der Waals surface area contributed by atoms with Crippen LogP contribution in [0.1, 0.15) is 22.5 Å². The molecule has 8 nitrogen and oxygen atoms in total. The molecule has 0 fully saturated rings. The monoisotopic (exact) mass is 351 g/mol. The number of hydrogen-bond donors (Lipinski definition) is 2. The highest BCUT2D eigenvalue weighted by Crippen LogP contribution is 2.32. The van der Waals surface area contributed by atoms with Crippen LogP contribution in [0.25, 0.3) is 16.6 Å². The van der Waals surface area contributed by atoms with Gasteiger partial charge in [0.05, 0.1) is 39.0 Å². The highest BCUT2D eigenvalue weighted by atomic mass is 16.5. The molecule has 8 heteroatoms. The molecule has 0 atom stereocenters. The molecule has 0 unspecified atom stereocenters. The lowest BCUT2D eigenvalue weighted by atomic mass is 9.99. The van der Waals surface area contributed by atoms with Crippen molar-refractivity contribution in [2.24, 2.45) is 0 Å². The predicted octanol–water partition coefficient (Wildman–Crippen LogP) is 2.42. The van der Waals surface area contributed by atoms with Crippen molar-refractivity contribution < 1.29 is 14.3 Å². The number of nitrogens with zero attached hydrogens (tertiary/aromatic N) is 3. The highest BCUT2D eigenvalue weighted by Gasteiger charge is 2.16. The number of nitrogens with one attached hydrogen (secondary N) is 2. The van der Waals surface area contributed by atoms with Gasteiger partial charge in [0, 0.05) is 5.56 Å². The van der Waals surface area contributed by atoms with Crippen molar-refractivity contribution in [1.29, 1.82) is 0 Å². The van der Waals surface area contributed by atoms with E-state index in [2.05, 4.69) is 31.3 Å². The third kappa shape index (κ3) is 3.02. The molecular weight excluding hydrogens is 334 g/mol. The standard InChI is InChI=1S/C18H17N5O3/c1-25-14-3-2-12(11-4-6-26-7-5-11)16-17(14)22-15(9-20-16)23-18(24)13-8-19-10-21-13/h2-4,8-10H,5-7H2,1H3,(H,19,21)(H,22,23,24). The Bertz CT molecular complexity index is 982. The molecule has 0 saturated carbocycles. The molecule has 0 radical (unpaired) electrons. The zero-order valence-corrected chi connectivity index (χ0v) is 14.2. The Morgan fingerprint density at radius 1 is 1.31 bits per heavy atom. The van der Waals surface area contributed by atoms with Crippen molar-refractivity contribution in [3.05, 3.63) is 48.2 Å². The third-order valence-electron chi connectivity index (χ3n) is 4.18. The second kappa shape index (κ2) is 6.93. The number of fused-ring (bicyclic) bond motifs is 1. The number of methoxy groups -OCH3 is 1. The lowest BCUT2D eigenvalue weighted by Crippen LogP contribution is -2.14. The van der Waals surface area contributed by atoms with Gasteiger partial charge in [0.15, 0.2) is 5.82 Å². The summed E-state index contributed by atoms with van der Waals surface area (Å²) in [6.07, 6.45) is 7.30. The van der Waals surface area contributed by atoms with Gasteiger partial charge in [-0.1, -0.05) is 6.08 Å². The van der Waals surface area contributed by atoms with Gasteiger partial charge in [-0.05, 0) is 24.1 Å². The Hall–Kier alpha value is -3.26. The molecule has 4 rings (SSSR count). The lowest BCUT2D eigenvalue weighted by molar-refractivity contribution is 0.102. The van der Waals surface area contributed by atoms with Gasteiger partial charge in [-0.2, -0.15) is 0 Å². The first-order valence-corrected chi connectivity index (χ1v) is 8.17. The first-order chi connectivity index (χ1) is 12.8. The molecule has 1 aromatic carbocycles. The summed E-state index contributed by atoms with van der Waals surface area (Å²) >= 11 is 0. The van der Waals surface area contributed by atoms with Crippen LogP contribution in [0.5, 0.6) is 5.75 Å². The van der Waals surface area contributed by atoms with E-state index in [4.69, 9.17) is 9.47 Å². The van der Waals surface area contributed by atoms with E-state index in [-0.39, 0.29) is 5.91 Å². The first kappa shape index (κ1) is 16.2. The highest BCUT2D eigenvalue weighted by molar-refractivity contribution is 6.02. The molecular formula is C18H17N5O3. The SMILES string of the molecule is COc1ccc(C2=CCOCC2)c2ncc(NC(=O)c3cnc[nH]3)nc12. The Labute approximate surface area is 149 Å². The number of anilines is 1. The number of H-pyrrole nitrogens is 1. The van der Waals surface area contributed by atoms with E-state index in [0.717, 1.165) is 17.5 Å². The zero-order valence-electron chi connectivity index (χ0n) is 14.2. The quantitative estimate of drug-likeness (QED) is 0.748. The first-order valence-electron chi connectivity index (χ1n) is 8.17. The summed E-state index contributed by atoms with van der Waals surface area (Å²) in [5.41, 5.74) is 3.85. The average molecular weight is 351 g/mol. The van der Waals surface area contributed by atoms with E-state index in [9.17, 15) is 4.79 Å². The summed E-state index contributed by atoms with van der Waals surface area (Å²) in [6, 6.07) is 3.85. The van der Waals surface area contributed by atoms with Crippen molar-refractivity contribution >= 4 is 28.3 Å². The van der Waals surface area contributed by atoms with Crippen molar-refractivity contribution in [2.45, 2.75) is 6.42 Å². The maximum Gasteiger partial charge on any atom is 0.274 e. The van der Waals surface area contributed by atoms with Gasteiger partial charge in [0.2, 0.25) is 0 Å². The molecule has 3 heterocycles. The summed E-state index contributed by atoms with van der Waals surface area (Å²) in [4.78, 5) is 27.8. The van der Waals surface area contributed by atoms with Gasteiger partial charge in [0.1, 0.15) is 22.5 Å². The fraction of sp³-hybridized carbons (Fsp3) is 0.222. The number of carbonyl (C=O) groups is 1. The maximum atomic E-state index is 12.2. The lowest BCUT2D eigenvalue weighted by Gasteiger charge is -2.16. The number of aromatic amines is 1. The summed E-state index contributed by atoms with van der Waals surface area (Å²) in [6.45, 7) is 1.28. The average Bonchev–Trinajstić information content (AvgIpc) is 3.23. The minimum absolute atomic E-state index is 0.335. The number of rotatable bonds is 4. The molecule has 1 aliphatic heterocycles. The van der Waals surface area contributed by atoms with Gasteiger partial charge in [0.25, 0.3) is 5.91 Å². The van der Waals surface area contributed by atoms with Crippen molar-refractivity contribution in [3.8, 4) is 5.75 Å². The largest absolute Gasteiger partial charge is 0.494 e. The predicted molar refractivity (Wildman–Crippen MR) is 96.0 cm³/mol.